The lowest BCUT2D eigenvalue weighted by molar-refractivity contribution is -0.139. The van der Waals surface area contributed by atoms with Crippen LogP contribution in [0, 0.1) is 26.7 Å². The minimum Gasteiger partial charge on any atom is -0.463 e. The van der Waals surface area contributed by atoms with Crippen LogP contribution in [-0.4, -0.2) is 34.1 Å². The number of amides is 2. The van der Waals surface area contributed by atoms with Crippen LogP contribution in [0.4, 0.5) is 5.69 Å². The highest BCUT2D eigenvalue weighted by Crippen LogP contribution is 2.31. The number of thiazole rings is 1. The van der Waals surface area contributed by atoms with E-state index in [0.717, 1.165) is 28.0 Å². The summed E-state index contributed by atoms with van der Waals surface area (Å²) in [4.78, 5) is 59.8. The summed E-state index contributed by atoms with van der Waals surface area (Å²) in [7, 11) is 0. The first-order chi connectivity index (χ1) is 19.5. The van der Waals surface area contributed by atoms with E-state index >= 15 is 0 Å². The summed E-state index contributed by atoms with van der Waals surface area (Å²) in [5, 5.41) is 2.57. The van der Waals surface area contributed by atoms with Gasteiger partial charge in [-0.1, -0.05) is 47.2 Å². The largest absolute Gasteiger partial charge is 0.463 e. The predicted molar refractivity (Wildman–Crippen MR) is 160 cm³/mol. The van der Waals surface area contributed by atoms with Crippen molar-refractivity contribution in [1.82, 2.24) is 9.88 Å². The van der Waals surface area contributed by atoms with E-state index < -0.39 is 35.3 Å². The second-order valence-electron chi connectivity index (χ2n) is 9.95. The van der Waals surface area contributed by atoms with Crippen molar-refractivity contribution in [1.29, 1.82) is 0 Å². The van der Waals surface area contributed by atoms with E-state index in [-0.39, 0.29) is 21.8 Å². The fraction of sp³-hybridized carbons (Fsp3) is 0.267. The van der Waals surface area contributed by atoms with Crippen LogP contribution in [0.5, 0.6) is 0 Å². The van der Waals surface area contributed by atoms with Gasteiger partial charge in [0.2, 0.25) is 11.8 Å². The number of hydrogen-bond acceptors (Lipinski definition) is 8. The molecule has 0 spiro atoms. The fourth-order valence-electron chi connectivity index (χ4n) is 4.87. The van der Waals surface area contributed by atoms with Crippen molar-refractivity contribution in [2.45, 2.75) is 40.7 Å². The average Bonchev–Trinajstić information content (AvgIpc) is 3.22. The number of aryl methyl sites for hydroxylation is 3. The highest BCUT2D eigenvalue weighted by atomic mass is 32.1. The minimum atomic E-state index is -1.30. The minimum absolute atomic E-state index is 0.0246. The van der Waals surface area contributed by atoms with Crippen molar-refractivity contribution >= 4 is 58.2 Å². The van der Waals surface area contributed by atoms with Gasteiger partial charge in [0.1, 0.15) is 5.92 Å². The second-order valence-corrected chi connectivity index (χ2v) is 11.3. The monoisotopic (exact) mass is 588 g/mol. The van der Waals surface area contributed by atoms with Gasteiger partial charge in [0.25, 0.3) is 5.56 Å². The summed E-state index contributed by atoms with van der Waals surface area (Å²) in [5.74, 6) is -3.04. The molecule has 0 saturated carbocycles. The molecule has 0 bridgehead atoms. The van der Waals surface area contributed by atoms with E-state index in [4.69, 9.17) is 17.0 Å². The Balaban J connectivity index is 1.64. The third-order valence-electron chi connectivity index (χ3n) is 7.18. The number of ether oxygens (including phenoxy) is 1. The lowest BCUT2D eigenvalue weighted by Gasteiger charge is -2.31. The van der Waals surface area contributed by atoms with Crippen molar-refractivity contribution in [3.8, 4) is 0 Å². The van der Waals surface area contributed by atoms with Crippen LogP contribution < -0.4 is 25.1 Å². The maximum atomic E-state index is 13.9. The van der Waals surface area contributed by atoms with Crippen molar-refractivity contribution in [2.75, 3.05) is 11.5 Å². The predicted octanol–water partition coefficient (Wildman–Crippen LogP) is 2.74. The summed E-state index contributed by atoms with van der Waals surface area (Å²) in [6, 6.07) is 12.2. The van der Waals surface area contributed by atoms with Gasteiger partial charge in [0, 0.05) is 0 Å². The molecule has 2 atom stereocenters. The van der Waals surface area contributed by atoms with E-state index in [9.17, 15) is 19.2 Å². The highest BCUT2D eigenvalue weighted by Gasteiger charge is 2.39. The summed E-state index contributed by atoms with van der Waals surface area (Å²) < 4.78 is 6.91. The molecule has 2 amide bonds. The molecule has 0 aliphatic carbocycles. The number of esters is 1. The smallest absolute Gasteiger partial charge is 0.338 e. The molecule has 1 N–H and O–H groups in total. The van der Waals surface area contributed by atoms with E-state index in [1.807, 2.05) is 57.2 Å². The number of benzene rings is 2. The van der Waals surface area contributed by atoms with Crippen LogP contribution in [0.2, 0.25) is 0 Å². The Kier molecular flexibility index (Phi) is 7.58. The Bertz CT molecular complexity index is 1840. The molecular formula is C30H28N4O5S2. The number of nitrogens with zero attached hydrogens (tertiary/aromatic N) is 3. The van der Waals surface area contributed by atoms with Crippen LogP contribution in [0.3, 0.4) is 0 Å². The Morgan fingerprint density at radius 1 is 1.07 bits per heavy atom. The lowest BCUT2D eigenvalue weighted by atomic mass is 9.95. The molecule has 1 saturated heterocycles. The lowest BCUT2D eigenvalue weighted by Crippen LogP contribution is -2.58. The van der Waals surface area contributed by atoms with Crippen molar-refractivity contribution in [2.24, 2.45) is 10.9 Å². The first-order valence-electron chi connectivity index (χ1n) is 13.0. The summed E-state index contributed by atoms with van der Waals surface area (Å²) in [5.41, 5.74) is 4.48. The molecule has 9 nitrogen and oxygen atoms in total. The SMILES string of the molecule is CCOC(=O)C1=C(C)N=c2s/c(=C\[C@@H]3C(=O)NC(=S)N(c4ccc(C)c(C)c4)C3=O)c(=O)n2[C@H]1c1ccc(C)cc1. The molecule has 1 fully saturated rings. The number of aromatic nitrogens is 1. The van der Waals surface area contributed by atoms with Crippen LogP contribution in [0.15, 0.2) is 63.5 Å². The summed E-state index contributed by atoms with van der Waals surface area (Å²) >= 11 is 6.39. The first kappa shape index (κ1) is 28.3. The van der Waals surface area contributed by atoms with Gasteiger partial charge in [0.15, 0.2) is 9.91 Å². The van der Waals surface area contributed by atoms with E-state index in [2.05, 4.69) is 10.3 Å². The van der Waals surface area contributed by atoms with Crippen LogP contribution in [0.25, 0.3) is 6.08 Å². The van der Waals surface area contributed by atoms with Crippen LogP contribution >= 0.6 is 23.6 Å². The Morgan fingerprint density at radius 3 is 2.44 bits per heavy atom. The summed E-state index contributed by atoms with van der Waals surface area (Å²) in [6.45, 7) is 9.40. The molecule has 41 heavy (non-hydrogen) atoms. The number of fused-ring (bicyclic) bond motifs is 1. The van der Waals surface area contributed by atoms with Crippen molar-refractivity contribution < 1.29 is 19.1 Å². The van der Waals surface area contributed by atoms with E-state index in [0.29, 0.717) is 21.7 Å². The molecular weight excluding hydrogens is 560 g/mol. The van der Waals surface area contributed by atoms with E-state index in [1.54, 1.807) is 19.9 Å². The zero-order chi connectivity index (χ0) is 29.6. The van der Waals surface area contributed by atoms with Gasteiger partial charge in [-0.15, -0.1) is 0 Å². The zero-order valence-corrected chi connectivity index (χ0v) is 24.8. The standard InChI is InChI=1S/C30H28N4O5S2/c1-6-39-28(38)23-18(5)31-30-34(24(23)19-10-7-15(2)8-11-19)27(37)22(41-30)14-21-25(35)32-29(40)33(26(21)36)20-12-9-16(3)17(4)13-20/h7-14,21,24H,6H2,1-5H3,(H,32,35,40)/b22-14-/t21-,24+/m1/s1. The Labute approximate surface area is 245 Å². The van der Waals surface area contributed by atoms with Gasteiger partial charge < -0.3 is 10.1 Å². The second kappa shape index (κ2) is 11.0. The first-order valence-corrected chi connectivity index (χ1v) is 14.3. The quantitative estimate of drug-likeness (QED) is 0.279. The fourth-order valence-corrected chi connectivity index (χ4v) is 6.22. The third-order valence-corrected chi connectivity index (χ3v) is 8.46. The number of carbonyl (C=O) groups is 3. The average molecular weight is 589 g/mol. The van der Waals surface area contributed by atoms with Gasteiger partial charge >= 0.3 is 5.97 Å². The van der Waals surface area contributed by atoms with Gasteiger partial charge in [-0.05, 0) is 81.7 Å². The number of carbonyl (C=O) groups excluding carboxylic acids is 3. The molecule has 3 aromatic rings. The molecule has 0 radical (unpaired) electrons. The number of thiocarbonyl (C=S) groups is 1. The van der Waals surface area contributed by atoms with Crippen molar-refractivity contribution in [3.63, 3.8) is 0 Å². The topological polar surface area (TPSA) is 110 Å². The van der Waals surface area contributed by atoms with Gasteiger partial charge in [-0.2, -0.15) is 0 Å². The number of allylic oxidation sites excluding steroid dienone is 1. The van der Waals surface area contributed by atoms with Gasteiger partial charge in [-0.3, -0.25) is 23.9 Å². The molecule has 0 unspecified atom stereocenters. The molecule has 2 aromatic carbocycles. The molecule has 2 aliphatic heterocycles. The normalized spacial score (nSPS) is 19.2. The Morgan fingerprint density at radius 2 is 1.78 bits per heavy atom. The number of hydrogen-bond donors (Lipinski definition) is 1. The number of anilines is 1. The van der Waals surface area contributed by atoms with Gasteiger partial charge in [-0.25, -0.2) is 9.79 Å². The molecule has 2 aliphatic rings. The molecule has 1 aromatic heterocycles. The van der Waals surface area contributed by atoms with Crippen LogP contribution in [-0.2, 0) is 19.1 Å². The van der Waals surface area contributed by atoms with E-state index in [1.165, 1.54) is 15.5 Å². The molecule has 210 valence electrons. The van der Waals surface area contributed by atoms with Crippen LogP contribution in [0.1, 0.15) is 42.1 Å². The van der Waals surface area contributed by atoms with Crippen molar-refractivity contribution in [3.05, 3.63) is 95.7 Å². The highest BCUT2D eigenvalue weighted by molar-refractivity contribution is 7.80. The maximum absolute atomic E-state index is 13.9. The number of rotatable bonds is 5. The third kappa shape index (κ3) is 5.07. The summed E-state index contributed by atoms with van der Waals surface area (Å²) in [6.07, 6.45) is 1.35. The number of nitrogens with one attached hydrogen (secondary N) is 1. The zero-order valence-electron chi connectivity index (χ0n) is 23.2. The maximum Gasteiger partial charge on any atom is 0.338 e. The Hall–Kier alpha value is -4.22. The molecule has 3 heterocycles. The molecule has 11 heteroatoms. The molecule has 5 rings (SSSR count). The van der Waals surface area contributed by atoms with Gasteiger partial charge in [0.05, 0.1) is 34.1 Å².